The van der Waals surface area contributed by atoms with Crippen molar-refractivity contribution in [2.75, 3.05) is 12.4 Å². The first-order valence-electron chi connectivity index (χ1n) is 10.5. The number of hydrogen-bond acceptors (Lipinski definition) is 5. The van der Waals surface area contributed by atoms with Gasteiger partial charge in [-0.15, -0.1) is 0 Å². The topological polar surface area (TPSA) is 89.0 Å². The number of benzene rings is 3. The Balaban J connectivity index is 1.51. The molecule has 0 unspecified atom stereocenters. The molecule has 0 aromatic heterocycles. The fraction of sp³-hybridized carbons (Fsp3) is 0.192. The van der Waals surface area contributed by atoms with Gasteiger partial charge in [0.1, 0.15) is 13.0 Å². The summed E-state index contributed by atoms with van der Waals surface area (Å²) in [6, 6.07) is 20.8. The van der Waals surface area contributed by atoms with E-state index in [1.165, 1.54) is 6.21 Å². The van der Waals surface area contributed by atoms with Gasteiger partial charge in [0.05, 0.1) is 13.3 Å². The number of amides is 2. The van der Waals surface area contributed by atoms with Crippen LogP contribution in [0.25, 0.3) is 0 Å². The van der Waals surface area contributed by atoms with E-state index in [1.54, 1.807) is 25.3 Å². The molecule has 2 N–H and O–H groups in total. The Bertz CT molecular complexity index is 1140. The molecule has 170 valence electrons. The average Bonchev–Trinajstić information content (AvgIpc) is 2.80. The maximum absolute atomic E-state index is 12.1. The molecule has 2 amide bonds. The first-order valence-corrected chi connectivity index (χ1v) is 10.5. The smallest absolute Gasteiger partial charge is 0.249 e. The van der Waals surface area contributed by atoms with E-state index in [9.17, 15) is 9.59 Å². The van der Waals surface area contributed by atoms with Gasteiger partial charge in [0.2, 0.25) is 11.8 Å². The largest absolute Gasteiger partial charge is 0.493 e. The summed E-state index contributed by atoms with van der Waals surface area (Å²) < 4.78 is 11.2. The summed E-state index contributed by atoms with van der Waals surface area (Å²) in [7, 11) is 1.56. The molecule has 0 heterocycles. The molecule has 3 aromatic carbocycles. The highest BCUT2D eigenvalue weighted by Crippen LogP contribution is 2.28. The molecule has 0 aliphatic rings. The van der Waals surface area contributed by atoms with Crippen LogP contribution in [0, 0.1) is 13.8 Å². The van der Waals surface area contributed by atoms with Gasteiger partial charge in [0.15, 0.2) is 11.5 Å². The summed E-state index contributed by atoms with van der Waals surface area (Å²) >= 11 is 0. The van der Waals surface area contributed by atoms with Crippen molar-refractivity contribution in [2.45, 2.75) is 26.9 Å². The summed E-state index contributed by atoms with van der Waals surface area (Å²) in [6.07, 6.45) is 1.14. The van der Waals surface area contributed by atoms with Gasteiger partial charge >= 0.3 is 0 Å². The Morgan fingerprint density at radius 3 is 2.45 bits per heavy atom. The molecule has 0 radical (unpaired) electrons. The molecule has 0 atom stereocenters. The highest BCUT2D eigenvalue weighted by atomic mass is 16.5. The first kappa shape index (κ1) is 23.5. The standard InChI is InChI=1S/C26H27N3O4/c1-18-9-11-22(19(2)13-18)28-25(30)15-26(31)29-27-16-21-10-12-23(24(14-21)32-3)33-17-20-7-5-4-6-8-20/h4-14,16H,15,17H2,1-3H3,(H,28,30)(H,29,31). The minimum atomic E-state index is -0.511. The van der Waals surface area contributed by atoms with E-state index in [2.05, 4.69) is 15.8 Å². The van der Waals surface area contributed by atoms with E-state index in [4.69, 9.17) is 9.47 Å². The summed E-state index contributed by atoms with van der Waals surface area (Å²) in [4.78, 5) is 24.2. The second-order valence-electron chi connectivity index (χ2n) is 7.52. The molecule has 0 saturated carbocycles. The molecular formula is C26H27N3O4. The predicted molar refractivity (Wildman–Crippen MR) is 129 cm³/mol. The van der Waals surface area contributed by atoms with Gasteiger partial charge < -0.3 is 14.8 Å². The number of carbonyl (C=O) groups is 2. The third-order valence-electron chi connectivity index (χ3n) is 4.80. The summed E-state index contributed by atoms with van der Waals surface area (Å²) in [5, 5.41) is 6.67. The fourth-order valence-electron chi connectivity index (χ4n) is 3.13. The number of hydrogen-bond donors (Lipinski definition) is 2. The van der Waals surface area contributed by atoms with E-state index >= 15 is 0 Å². The van der Waals surface area contributed by atoms with E-state index < -0.39 is 11.8 Å². The molecular weight excluding hydrogens is 418 g/mol. The monoisotopic (exact) mass is 445 g/mol. The number of carbonyl (C=O) groups excluding carboxylic acids is 2. The van der Waals surface area contributed by atoms with Crippen LogP contribution < -0.4 is 20.2 Å². The van der Waals surface area contributed by atoms with Gasteiger partial charge in [-0.05, 0) is 54.8 Å². The van der Waals surface area contributed by atoms with Crippen LogP contribution in [0.1, 0.15) is 28.7 Å². The Morgan fingerprint density at radius 2 is 1.73 bits per heavy atom. The van der Waals surface area contributed by atoms with Gasteiger partial charge in [0.25, 0.3) is 0 Å². The van der Waals surface area contributed by atoms with Crippen molar-refractivity contribution in [2.24, 2.45) is 5.10 Å². The normalized spacial score (nSPS) is 10.6. The van der Waals surface area contributed by atoms with E-state index in [0.717, 1.165) is 16.7 Å². The van der Waals surface area contributed by atoms with Gasteiger partial charge in [-0.3, -0.25) is 9.59 Å². The quantitative estimate of drug-likeness (QED) is 0.291. The third-order valence-corrected chi connectivity index (χ3v) is 4.80. The van der Waals surface area contributed by atoms with E-state index in [-0.39, 0.29) is 6.42 Å². The number of anilines is 1. The maximum Gasteiger partial charge on any atom is 0.249 e. The van der Waals surface area contributed by atoms with Crippen LogP contribution in [0.15, 0.2) is 71.8 Å². The zero-order valence-electron chi connectivity index (χ0n) is 18.9. The molecule has 7 heteroatoms. The first-order chi connectivity index (χ1) is 15.9. The number of methoxy groups -OCH3 is 1. The van der Waals surface area contributed by atoms with Crippen molar-refractivity contribution in [3.8, 4) is 11.5 Å². The van der Waals surface area contributed by atoms with Crippen LogP contribution in [-0.2, 0) is 16.2 Å². The SMILES string of the molecule is COc1cc(C=NNC(=O)CC(=O)Nc2ccc(C)cc2C)ccc1OCc1ccccc1. The van der Waals surface area contributed by atoms with Gasteiger partial charge in [-0.25, -0.2) is 5.43 Å². The van der Waals surface area contributed by atoms with Crippen molar-refractivity contribution in [3.05, 3.63) is 89.0 Å². The molecule has 0 aliphatic heterocycles. The number of ether oxygens (including phenoxy) is 2. The third kappa shape index (κ3) is 7.21. The zero-order valence-corrected chi connectivity index (χ0v) is 18.9. The molecule has 0 saturated heterocycles. The number of rotatable bonds is 9. The van der Waals surface area contributed by atoms with Crippen LogP contribution in [0.2, 0.25) is 0 Å². The number of hydrazone groups is 1. The molecule has 0 spiro atoms. The molecule has 0 aliphatic carbocycles. The molecule has 0 fully saturated rings. The Morgan fingerprint density at radius 1 is 0.939 bits per heavy atom. The summed E-state index contributed by atoms with van der Waals surface area (Å²) in [5.41, 5.74) is 6.85. The summed E-state index contributed by atoms with van der Waals surface area (Å²) in [6.45, 7) is 4.30. The minimum absolute atomic E-state index is 0.333. The fourth-order valence-corrected chi connectivity index (χ4v) is 3.13. The Labute approximate surface area is 193 Å². The molecule has 3 aromatic rings. The van der Waals surface area contributed by atoms with Gasteiger partial charge in [-0.2, -0.15) is 5.10 Å². The van der Waals surface area contributed by atoms with Crippen molar-refractivity contribution in [1.29, 1.82) is 0 Å². The highest BCUT2D eigenvalue weighted by Gasteiger charge is 2.10. The van der Waals surface area contributed by atoms with Crippen molar-refractivity contribution in [3.63, 3.8) is 0 Å². The van der Waals surface area contributed by atoms with E-state index in [0.29, 0.717) is 29.4 Å². The minimum Gasteiger partial charge on any atom is -0.493 e. The lowest BCUT2D eigenvalue weighted by Gasteiger charge is -2.11. The van der Waals surface area contributed by atoms with Crippen LogP contribution in [0.3, 0.4) is 0 Å². The van der Waals surface area contributed by atoms with Crippen LogP contribution in [-0.4, -0.2) is 25.1 Å². The van der Waals surface area contributed by atoms with Crippen molar-refractivity contribution in [1.82, 2.24) is 5.43 Å². The van der Waals surface area contributed by atoms with Gasteiger partial charge in [-0.1, -0.05) is 48.0 Å². The lowest BCUT2D eigenvalue weighted by molar-refractivity contribution is -0.126. The Kier molecular flexibility index (Phi) is 8.18. The van der Waals surface area contributed by atoms with Gasteiger partial charge in [0, 0.05) is 5.69 Å². The van der Waals surface area contributed by atoms with Crippen LogP contribution in [0.5, 0.6) is 11.5 Å². The average molecular weight is 446 g/mol. The Hall–Kier alpha value is -4.13. The van der Waals surface area contributed by atoms with Crippen molar-refractivity contribution >= 4 is 23.7 Å². The highest BCUT2D eigenvalue weighted by molar-refractivity contribution is 6.04. The van der Waals surface area contributed by atoms with Crippen LogP contribution >= 0.6 is 0 Å². The number of aryl methyl sites for hydroxylation is 2. The molecule has 7 nitrogen and oxygen atoms in total. The van der Waals surface area contributed by atoms with Crippen LogP contribution in [0.4, 0.5) is 5.69 Å². The number of nitrogens with one attached hydrogen (secondary N) is 2. The van der Waals surface area contributed by atoms with Crippen molar-refractivity contribution < 1.29 is 19.1 Å². The zero-order chi connectivity index (χ0) is 23.6. The second kappa shape index (κ2) is 11.5. The number of nitrogens with zero attached hydrogens (tertiary/aromatic N) is 1. The lowest BCUT2D eigenvalue weighted by atomic mass is 10.1. The predicted octanol–water partition coefficient (Wildman–Crippen LogP) is 4.37. The summed E-state index contributed by atoms with van der Waals surface area (Å²) in [5.74, 6) is 0.235. The molecule has 0 bridgehead atoms. The second-order valence-corrected chi connectivity index (χ2v) is 7.52. The molecule has 3 rings (SSSR count). The maximum atomic E-state index is 12.1. The molecule has 33 heavy (non-hydrogen) atoms. The lowest BCUT2D eigenvalue weighted by Crippen LogP contribution is -2.24. The van der Waals surface area contributed by atoms with E-state index in [1.807, 2.05) is 62.4 Å².